The molecule has 0 aromatic carbocycles. The summed E-state index contributed by atoms with van der Waals surface area (Å²) in [6.07, 6.45) is 1.03. The van der Waals surface area contributed by atoms with E-state index >= 15 is 0 Å². The second-order valence-corrected chi connectivity index (χ2v) is 2.52. The zero-order valence-corrected chi connectivity index (χ0v) is 12.2. The van der Waals surface area contributed by atoms with Gasteiger partial charge in [0.15, 0.2) is 0 Å². The summed E-state index contributed by atoms with van der Waals surface area (Å²) in [5, 5.41) is 3.56. The third-order valence-electron chi connectivity index (χ3n) is 1.25. The number of hydrogen-bond acceptors (Lipinski definition) is 2. The number of ketones is 1. The molecule has 0 aromatic heterocycles. The molecule has 11 heavy (non-hydrogen) atoms. The van der Waals surface area contributed by atoms with E-state index in [9.17, 15) is 9.59 Å². The van der Waals surface area contributed by atoms with Crippen molar-refractivity contribution in [3.63, 3.8) is 0 Å². The quantitative estimate of drug-likeness (QED) is 0.610. The summed E-state index contributed by atoms with van der Waals surface area (Å²) in [6, 6.07) is 0. The largest absolute Gasteiger partial charge is 0.671 e. The van der Waals surface area contributed by atoms with E-state index in [1.807, 2.05) is 0 Å². The predicted octanol–water partition coefficient (Wildman–Crippen LogP) is 0.447. The van der Waals surface area contributed by atoms with Crippen molar-refractivity contribution in [1.29, 1.82) is 0 Å². The van der Waals surface area contributed by atoms with Gasteiger partial charge in [0.05, 0.1) is 0 Å². The molecule has 1 aliphatic rings. The van der Waals surface area contributed by atoms with Crippen LogP contribution in [0.3, 0.4) is 0 Å². The Balaban J connectivity index is 0. The molecule has 1 aliphatic heterocycles. The number of Topliss-reactive ketones (excluding diaryl/α,β-unsaturated/α-hetero) is 1. The molecule has 1 heterocycles. The molecule has 56 valence electrons. The maximum Gasteiger partial charge on any atom is 0 e. The van der Waals surface area contributed by atoms with Crippen LogP contribution in [-0.2, 0) is 75.0 Å². The summed E-state index contributed by atoms with van der Waals surface area (Å²) in [4.78, 5) is 21.2. The fourth-order valence-electron chi connectivity index (χ4n) is 0.652. The molecular formula is C6H7NO2Y2-2. The molecule has 0 bridgehead atoms. The number of hydrogen-bond donors (Lipinski definition) is 0. The van der Waals surface area contributed by atoms with E-state index in [1.54, 1.807) is 13.8 Å². The number of rotatable bonds is 0. The minimum Gasteiger partial charge on any atom is -0.671 e. The normalized spacial score (nSPS) is 19.1. The van der Waals surface area contributed by atoms with Gasteiger partial charge in [-0.3, -0.25) is 6.42 Å². The van der Waals surface area contributed by atoms with Crippen LogP contribution in [0.25, 0.3) is 5.32 Å². The third kappa shape index (κ3) is 3.62. The van der Waals surface area contributed by atoms with Crippen LogP contribution in [0.4, 0.5) is 0 Å². The van der Waals surface area contributed by atoms with E-state index in [2.05, 4.69) is 5.32 Å². The summed E-state index contributed by atoms with van der Waals surface area (Å²) in [5.41, 5.74) is -0.795. The van der Waals surface area contributed by atoms with E-state index in [0.717, 1.165) is 6.42 Å². The van der Waals surface area contributed by atoms with Crippen LogP contribution in [0.1, 0.15) is 13.8 Å². The van der Waals surface area contributed by atoms with Crippen molar-refractivity contribution in [2.45, 2.75) is 19.4 Å². The van der Waals surface area contributed by atoms with E-state index in [-0.39, 0.29) is 71.2 Å². The smallest absolute Gasteiger partial charge is 0 e. The Bertz CT molecular complexity index is 179. The third-order valence-corrected chi connectivity index (χ3v) is 1.25. The first-order valence-electron chi connectivity index (χ1n) is 2.68. The molecule has 3 nitrogen and oxygen atoms in total. The first kappa shape index (κ1) is 14.7. The molecule has 0 unspecified atom stereocenters. The van der Waals surface area contributed by atoms with Gasteiger partial charge in [-0.15, -0.1) is 0 Å². The fourth-order valence-corrected chi connectivity index (χ4v) is 0.652. The van der Waals surface area contributed by atoms with Crippen LogP contribution in [0, 0.1) is 6.42 Å². The van der Waals surface area contributed by atoms with Crippen LogP contribution >= 0.6 is 0 Å². The van der Waals surface area contributed by atoms with Gasteiger partial charge in [-0.25, -0.2) is 0 Å². The Kier molecular flexibility index (Phi) is 6.77. The summed E-state index contributed by atoms with van der Waals surface area (Å²) < 4.78 is 0. The molecule has 0 N–H and O–H groups in total. The van der Waals surface area contributed by atoms with Crippen LogP contribution in [0.5, 0.6) is 0 Å². The van der Waals surface area contributed by atoms with Crippen molar-refractivity contribution < 1.29 is 75.0 Å². The maximum absolute atomic E-state index is 10.7. The Morgan fingerprint density at radius 3 is 1.82 bits per heavy atom. The van der Waals surface area contributed by atoms with Crippen molar-refractivity contribution in [2.75, 3.05) is 0 Å². The van der Waals surface area contributed by atoms with E-state index < -0.39 is 11.4 Å². The monoisotopic (exact) mass is 303 g/mol. The van der Waals surface area contributed by atoms with Crippen molar-refractivity contribution in [2.24, 2.45) is 0 Å². The number of carbonyl (C=O) groups excluding carboxylic acids is 2. The van der Waals surface area contributed by atoms with E-state index in [4.69, 9.17) is 0 Å². The molecule has 0 saturated carbocycles. The maximum atomic E-state index is 10.7. The molecule has 0 spiro atoms. The minimum atomic E-state index is -0.795. The average Bonchev–Trinajstić information content (AvgIpc) is 1.79. The average molecular weight is 303 g/mol. The summed E-state index contributed by atoms with van der Waals surface area (Å²) in [6.45, 7) is 3.24. The molecule has 1 saturated heterocycles. The van der Waals surface area contributed by atoms with Gasteiger partial charge in [0.25, 0.3) is 0 Å². The van der Waals surface area contributed by atoms with Gasteiger partial charge in [0, 0.05) is 65.4 Å². The van der Waals surface area contributed by atoms with Crippen LogP contribution < -0.4 is 0 Å². The van der Waals surface area contributed by atoms with Crippen molar-refractivity contribution >= 4 is 11.7 Å². The molecule has 1 rings (SSSR count). The Morgan fingerprint density at radius 1 is 1.27 bits per heavy atom. The summed E-state index contributed by atoms with van der Waals surface area (Å²) in [7, 11) is 0. The first-order valence-corrected chi connectivity index (χ1v) is 2.68. The molecular weight excluding hydrogens is 296 g/mol. The van der Waals surface area contributed by atoms with Crippen molar-refractivity contribution in [3.05, 3.63) is 11.7 Å². The predicted molar refractivity (Wildman–Crippen MR) is 31.8 cm³/mol. The van der Waals surface area contributed by atoms with Gasteiger partial charge in [-0.2, -0.15) is 0 Å². The summed E-state index contributed by atoms with van der Waals surface area (Å²) >= 11 is 0. The zero-order valence-electron chi connectivity index (χ0n) is 6.50. The fraction of sp³-hybridized carbons (Fsp3) is 0.500. The van der Waals surface area contributed by atoms with Crippen molar-refractivity contribution in [1.82, 2.24) is 0 Å². The second-order valence-electron chi connectivity index (χ2n) is 2.52. The Labute approximate surface area is 116 Å². The molecule has 1 fully saturated rings. The number of nitrogens with zero attached hydrogens (tertiary/aromatic N) is 1. The first-order chi connectivity index (χ1) is 4.02. The number of amides is 1. The van der Waals surface area contributed by atoms with Gasteiger partial charge in [0.1, 0.15) is 0 Å². The molecule has 0 aliphatic carbocycles. The van der Waals surface area contributed by atoms with Crippen LogP contribution in [0.15, 0.2) is 0 Å². The molecule has 0 atom stereocenters. The topological polar surface area (TPSA) is 48.2 Å². The Hall–Kier alpha value is 1.22. The molecule has 0 aromatic rings. The van der Waals surface area contributed by atoms with Crippen LogP contribution in [-0.4, -0.2) is 17.2 Å². The van der Waals surface area contributed by atoms with Gasteiger partial charge >= 0.3 is 0 Å². The molecule has 2 radical (unpaired) electrons. The summed E-state index contributed by atoms with van der Waals surface area (Å²) in [5.74, 6) is -0.613. The molecule has 1 amide bonds. The van der Waals surface area contributed by atoms with Gasteiger partial charge in [0.2, 0.25) is 0 Å². The molecule has 5 heteroatoms. The van der Waals surface area contributed by atoms with Gasteiger partial charge in [-0.1, -0.05) is 25.3 Å². The van der Waals surface area contributed by atoms with Gasteiger partial charge < -0.3 is 14.9 Å². The zero-order chi connectivity index (χ0) is 7.07. The van der Waals surface area contributed by atoms with E-state index in [1.165, 1.54) is 0 Å². The second kappa shape index (κ2) is 5.06. The minimum absolute atomic E-state index is 0. The van der Waals surface area contributed by atoms with Crippen molar-refractivity contribution in [3.8, 4) is 0 Å². The van der Waals surface area contributed by atoms with Crippen LogP contribution in [0.2, 0.25) is 0 Å². The standard InChI is InChI=1S/C6H8NO2.2Y/c1-6(2)4(8)3-5(9)7-6;;/h3H,1-2H3,(H,7,9);;/q-1;;/p-1. The van der Waals surface area contributed by atoms with E-state index in [0.29, 0.717) is 0 Å². The number of carbonyl (C=O) groups is 2. The SMILES string of the molecule is CC1(C)[N-]C(=O)[CH-]C1=O.[Y].[Y]. The Morgan fingerprint density at radius 2 is 1.73 bits per heavy atom. The van der Waals surface area contributed by atoms with Gasteiger partial charge in [-0.05, 0) is 5.78 Å².